The summed E-state index contributed by atoms with van der Waals surface area (Å²) in [6.07, 6.45) is -0.454. The van der Waals surface area contributed by atoms with Gasteiger partial charge < -0.3 is 19.3 Å². The van der Waals surface area contributed by atoms with E-state index in [1.165, 1.54) is 0 Å². The van der Waals surface area contributed by atoms with Crippen LogP contribution in [0.1, 0.15) is 0 Å². The van der Waals surface area contributed by atoms with Gasteiger partial charge in [-0.15, -0.1) is 0 Å². The number of ether oxygens (including phenoxy) is 2. The Morgan fingerprint density at radius 2 is 1.07 bits per heavy atom. The summed E-state index contributed by atoms with van der Waals surface area (Å²) in [5, 5.41) is 0. The maximum Gasteiger partial charge on any atom is 0.213 e. The molecule has 0 amide bonds. The third-order valence-electron chi connectivity index (χ3n) is 0.648. The topological polar surface area (TPSA) is 51.0 Å². The molecule has 1 rings (SSSR count). The van der Waals surface area contributed by atoms with Gasteiger partial charge in [0.1, 0.15) is 0 Å². The average Bonchev–Trinajstić information content (AvgIpc) is 2.36. The Morgan fingerprint density at radius 1 is 0.857 bits per heavy atom. The zero-order valence-electron chi connectivity index (χ0n) is 10.3. The Bertz CT molecular complexity index is 92.7. The fourth-order valence-electron chi connectivity index (χ4n) is 0.377. The molecule has 0 unspecified atom stereocenters. The number of rotatable bonds is 0. The van der Waals surface area contributed by atoms with Gasteiger partial charge in [-0.05, 0) is 42.3 Å². The predicted molar refractivity (Wildman–Crippen MR) is 59.1 cm³/mol. The molecule has 1 heterocycles. The Morgan fingerprint density at radius 3 is 1.14 bits per heavy atom. The monoisotopic (exact) mass is 207 g/mol. The Labute approximate surface area is 87.8 Å². The minimum absolute atomic E-state index is 0.454. The van der Waals surface area contributed by atoms with Crippen LogP contribution in [0.5, 0.6) is 0 Å². The molecule has 88 valence electrons. The second-order valence-electron chi connectivity index (χ2n) is 3.79. The highest BCUT2D eigenvalue weighted by atomic mass is 16.7. The first kappa shape index (κ1) is 16.2. The summed E-state index contributed by atoms with van der Waals surface area (Å²) in [6, 6.07) is 0. The van der Waals surface area contributed by atoms with Crippen molar-refractivity contribution in [2.24, 2.45) is 5.73 Å². The lowest BCUT2D eigenvalue weighted by molar-refractivity contribution is -0.0354. The van der Waals surface area contributed by atoms with Crippen molar-refractivity contribution in [2.75, 3.05) is 55.5 Å². The van der Waals surface area contributed by atoms with E-state index in [1.54, 1.807) is 0 Å². The van der Waals surface area contributed by atoms with Gasteiger partial charge in [0.25, 0.3) is 0 Å². The molecule has 5 heteroatoms. The molecule has 1 aliphatic rings. The first-order valence-corrected chi connectivity index (χ1v) is 4.57. The van der Waals surface area contributed by atoms with E-state index in [4.69, 9.17) is 15.2 Å². The number of nitrogens with zero attached hydrogens (tertiary/aromatic N) is 2. The van der Waals surface area contributed by atoms with Gasteiger partial charge in [-0.2, -0.15) is 0 Å². The highest BCUT2D eigenvalue weighted by molar-refractivity contribution is 4.38. The van der Waals surface area contributed by atoms with Crippen LogP contribution in [0, 0.1) is 0 Å². The third-order valence-corrected chi connectivity index (χ3v) is 0.648. The minimum Gasteiger partial charge on any atom is -0.338 e. The van der Waals surface area contributed by atoms with Crippen LogP contribution < -0.4 is 5.73 Å². The molecule has 2 N–H and O–H groups in total. The fourth-order valence-corrected chi connectivity index (χ4v) is 0.377. The molecule has 0 bridgehead atoms. The van der Waals surface area contributed by atoms with Crippen LogP contribution in [-0.4, -0.2) is 71.7 Å². The van der Waals surface area contributed by atoms with Crippen molar-refractivity contribution < 1.29 is 9.47 Å². The molecule has 0 atom stereocenters. The van der Waals surface area contributed by atoms with E-state index in [2.05, 4.69) is 0 Å². The lowest BCUT2D eigenvalue weighted by atomic mass is 10.8. The van der Waals surface area contributed by atoms with Crippen LogP contribution in [-0.2, 0) is 9.47 Å². The van der Waals surface area contributed by atoms with E-state index in [1.807, 2.05) is 52.1 Å². The molecule has 0 radical (unpaired) electrons. The van der Waals surface area contributed by atoms with Gasteiger partial charge in [0.15, 0.2) is 0 Å². The third kappa shape index (κ3) is 29.8. The molecule has 0 spiro atoms. The van der Waals surface area contributed by atoms with Crippen molar-refractivity contribution in [1.29, 1.82) is 0 Å². The number of hydrogen-bond acceptors (Lipinski definition) is 5. The molecule has 0 aliphatic carbocycles. The fraction of sp³-hybridized carbons (Fsp3) is 1.00. The van der Waals surface area contributed by atoms with Crippen molar-refractivity contribution in [2.45, 2.75) is 6.41 Å². The maximum absolute atomic E-state index is 5.09. The zero-order chi connectivity index (χ0) is 11.6. The normalized spacial score (nSPS) is 16.1. The van der Waals surface area contributed by atoms with Crippen LogP contribution >= 0.6 is 0 Å². The smallest absolute Gasteiger partial charge is 0.213 e. The van der Waals surface area contributed by atoms with Gasteiger partial charge in [-0.25, -0.2) is 0 Å². The van der Waals surface area contributed by atoms with Crippen LogP contribution in [0.15, 0.2) is 0 Å². The van der Waals surface area contributed by atoms with E-state index in [-0.39, 0.29) is 0 Å². The quantitative estimate of drug-likeness (QED) is 0.587. The van der Waals surface area contributed by atoms with Crippen molar-refractivity contribution in [1.82, 2.24) is 9.80 Å². The van der Waals surface area contributed by atoms with Gasteiger partial charge in [0.05, 0.1) is 13.2 Å². The van der Waals surface area contributed by atoms with Gasteiger partial charge in [0.2, 0.25) is 6.41 Å². The lowest BCUT2D eigenvalue weighted by Crippen LogP contribution is -2.18. The highest BCUT2D eigenvalue weighted by Crippen LogP contribution is 1.93. The standard InChI is InChI=1S/C3H7NO2.2C3H9N/c4-3-5-1-2-6-3;2*1-4(2)3/h3H,1-2,4H2;2*1-3H3. The van der Waals surface area contributed by atoms with E-state index >= 15 is 0 Å². The number of nitrogens with two attached hydrogens (primary N) is 1. The molecule has 0 saturated carbocycles. The first-order valence-electron chi connectivity index (χ1n) is 4.57. The summed E-state index contributed by atoms with van der Waals surface area (Å²) in [7, 11) is 12.0. The Hall–Kier alpha value is -0.200. The van der Waals surface area contributed by atoms with Crippen molar-refractivity contribution >= 4 is 0 Å². The van der Waals surface area contributed by atoms with Crippen molar-refractivity contribution in [3.63, 3.8) is 0 Å². The predicted octanol–water partition coefficient (Wildman–Crippen LogP) is -0.369. The summed E-state index contributed by atoms with van der Waals surface area (Å²) < 4.78 is 9.42. The Balaban J connectivity index is 0. The van der Waals surface area contributed by atoms with E-state index in [9.17, 15) is 0 Å². The van der Waals surface area contributed by atoms with Gasteiger partial charge in [-0.1, -0.05) is 0 Å². The lowest BCUT2D eigenvalue weighted by Gasteiger charge is -1.95. The molecule has 1 aliphatic heterocycles. The molecule has 0 aromatic carbocycles. The van der Waals surface area contributed by atoms with Gasteiger partial charge in [-0.3, -0.25) is 5.73 Å². The molecule has 0 aromatic rings. The van der Waals surface area contributed by atoms with Crippen molar-refractivity contribution in [3.05, 3.63) is 0 Å². The molecule has 5 nitrogen and oxygen atoms in total. The van der Waals surface area contributed by atoms with Crippen molar-refractivity contribution in [3.8, 4) is 0 Å². The second-order valence-corrected chi connectivity index (χ2v) is 3.79. The largest absolute Gasteiger partial charge is 0.338 e. The SMILES string of the molecule is CN(C)C.CN(C)C.NC1OCCO1. The summed E-state index contributed by atoms with van der Waals surface area (Å²) in [5.74, 6) is 0. The second kappa shape index (κ2) is 10.9. The highest BCUT2D eigenvalue weighted by Gasteiger charge is 2.07. The van der Waals surface area contributed by atoms with Gasteiger partial charge in [0, 0.05) is 0 Å². The molecule has 1 fully saturated rings. The summed E-state index contributed by atoms with van der Waals surface area (Å²) in [5.41, 5.74) is 5.09. The average molecular weight is 207 g/mol. The minimum atomic E-state index is -0.454. The van der Waals surface area contributed by atoms with Crippen LogP contribution in [0.4, 0.5) is 0 Å². The summed E-state index contributed by atoms with van der Waals surface area (Å²) >= 11 is 0. The van der Waals surface area contributed by atoms with E-state index in [0.29, 0.717) is 13.2 Å². The summed E-state index contributed by atoms with van der Waals surface area (Å²) in [6.45, 7) is 1.28. The van der Waals surface area contributed by atoms with Crippen LogP contribution in [0.3, 0.4) is 0 Å². The van der Waals surface area contributed by atoms with E-state index in [0.717, 1.165) is 0 Å². The molecule has 0 aromatic heterocycles. The maximum atomic E-state index is 5.09. The zero-order valence-corrected chi connectivity index (χ0v) is 10.3. The van der Waals surface area contributed by atoms with Crippen LogP contribution in [0.25, 0.3) is 0 Å². The first-order chi connectivity index (χ1) is 6.36. The molecular formula is C9H25N3O2. The number of hydrogen-bond donors (Lipinski definition) is 1. The van der Waals surface area contributed by atoms with Crippen LogP contribution in [0.2, 0.25) is 0 Å². The molecule has 1 saturated heterocycles. The van der Waals surface area contributed by atoms with Gasteiger partial charge >= 0.3 is 0 Å². The molecule has 14 heavy (non-hydrogen) atoms. The molecular weight excluding hydrogens is 182 g/mol. The summed E-state index contributed by atoms with van der Waals surface area (Å²) in [4.78, 5) is 4.00. The van der Waals surface area contributed by atoms with E-state index < -0.39 is 6.41 Å². The Kier molecular flexibility index (Phi) is 12.6.